The van der Waals surface area contributed by atoms with Gasteiger partial charge < -0.3 is 19.7 Å². The lowest BCUT2D eigenvalue weighted by molar-refractivity contribution is -0.123. The highest BCUT2D eigenvalue weighted by atomic mass is 16.5. The summed E-state index contributed by atoms with van der Waals surface area (Å²) in [4.78, 5) is 17.6. The maximum absolute atomic E-state index is 12.8. The van der Waals surface area contributed by atoms with Crippen LogP contribution in [0.15, 0.2) is 66.7 Å². The lowest BCUT2D eigenvalue weighted by atomic mass is 9.99. The minimum absolute atomic E-state index is 0.0277. The van der Waals surface area contributed by atoms with Crippen molar-refractivity contribution in [3.63, 3.8) is 0 Å². The molecule has 0 radical (unpaired) electrons. The predicted octanol–water partition coefficient (Wildman–Crippen LogP) is 5.45. The van der Waals surface area contributed by atoms with Crippen LogP contribution in [0, 0.1) is 6.92 Å². The van der Waals surface area contributed by atoms with Crippen LogP contribution in [0.4, 0.5) is 0 Å². The third-order valence-electron chi connectivity index (χ3n) is 7.48. The predicted molar refractivity (Wildman–Crippen MR) is 154 cm³/mol. The summed E-state index contributed by atoms with van der Waals surface area (Å²) in [6, 6.07) is 23.1. The molecule has 1 amide bonds. The lowest BCUT2D eigenvalue weighted by Gasteiger charge is -2.35. The van der Waals surface area contributed by atoms with Gasteiger partial charge in [0.05, 0.1) is 13.2 Å². The van der Waals surface area contributed by atoms with Gasteiger partial charge in [-0.1, -0.05) is 48.0 Å². The fraction of sp³-hybridized carbons (Fsp3) is 0.406. The maximum atomic E-state index is 12.8. The molecule has 1 heterocycles. The fourth-order valence-corrected chi connectivity index (χ4v) is 5.01. The standard InChI is InChI=1S/C32H41N3O3/c1-23-6-8-26(9-7-23)27-12-15-31(28(20-27)21-35-18-16-29(17-19-35)34(3)4)38-22-32(36)33-24(2)25-10-13-30(37-5)14-11-25/h6-15,20,24,29H,16-19,21-22H2,1-5H3,(H,33,36)/t24-/m0/s1. The van der Waals surface area contributed by atoms with Crippen molar-refractivity contribution in [2.45, 2.75) is 45.3 Å². The number of nitrogens with one attached hydrogen (secondary N) is 1. The number of piperidine rings is 1. The van der Waals surface area contributed by atoms with E-state index >= 15 is 0 Å². The Kier molecular flexibility index (Phi) is 9.43. The normalized spacial score (nSPS) is 15.3. The van der Waals surface area contributed by atoms with Gasteiger partial charge in [0.15, 0.2) is 6.61 Å². The largest absolute Gasteiger partial charge is 0.497 e. The molecule has 1 atom stereocenters. The van der Waals surface area contributed by atoms with E-state index in [0.29, 0.717) is 6.04 Å². The zero-order chi connectivity index (χ0) is 27.1. The summed E-state index contributed by atoms with van der Waals surface area (Å²) in [7, 11) is 5.97. The molecule has 3 aromatic carbocycles. The van der Waals surface area contributed by atoms with Gasteiger partial charge in [0.25, 0.3) is 5.91 Å². The molecule has 0 aliphatic carbocycles. The third-order valence-corrected chi connectivity index (χ3v) is 7.48. The van der Waals surface area contributed by atoms with Crippen LogP contribution in [0.2, 0.25) is 0 Å². The maximum Gasteiger partial charge on any atom is 0.258 e. The van der Waals surface area contributed by atoms with E-state index in [9.17, 15) is 4.79 Å². The molecule has 0 spiro atoms. The summed E-state index contributed by atoms with van der Waals surface area (Å²) < 4.78 is 11.3. The van der Waals surface area contributed by atoms with E-state index in [1.807, 2.05) is 37.3 Å². The number of carbonyl (C=O) groups excluding carboxylic acids is 1. The van der Waals surface area contributed by atoms with Crippen molar-refractivity contribution in [2.75, 3.05) is 40.9 Å². The smallest absolute Gasteiger partial charge is 0.258 e. The molecule has 1 N–H and O–H groups in total. The van der Waals surface area contributed by atoms with Gasteiger partial charge in [-0.05, 0) is 94.8 Å². The Morgan fingerprint density at radius 3 is 2.29 bits per heavy atom. The first-order valence-corrected chi connectivity index (χ1v) is 13.5. The Hall–Kier alpha value is -3.35. The molecule has 1 fully saturated rings. The minimum atomic E-state index is -0.145. The SMILES string of the molecule is COc1ccc([C@H](C)NC(=O)COc2ccc(-c3ccc(C)cc3)cc2CN2CCC(N(C)C)CC2)cc1. The van der Waals surface area contributed by atoms with Crippen LogP contribution >= 0.6 is 0 Å². The van der Waals surface area contributed by atoms with Crippen LogP contribution in [0.5, 0.6) is 11.5 Å². The van der Waals surface area contributed by atoms with Gasteiger partial charge in [-0.3, -0.25) is 9.69 Å². The van der Waals surface area contributed by atoms with Crippen LogP contribution in [-0.4, -0.2) is 62.7 Å². The van der Waals surface area contributed by atoms with E-state index in [1.54, 1.807) is 7.11 Å². The molecule has 1 saturated heterocycles. The van der Waals surface area contributed by atoms with Gasteiger partial charge in [-0.15, -0.1) is 0 Å². The molecule has 0 aromatic heterocycles. The molecule has 6 heteroatoms. The molecule has 1 aliphatic rings. The summed E-state index contributed by atoms with van der Waals surface area (Å²) in [6.07, 6.45) is 2.32. The quantitative estimate of drug-likeness (QED) is 0.389. The molecule has 1 aliphatic heterocycles. The number of carbonyl (C=O) groups is 1. The first-order chi connectivity index (χ1) is 18.3. The second kappa shape index (κ2) is 12.9. The summed E-state index contributed by atoms with van der Waals surface area (Å²) in [5.74, 6) is 1.42. The van der Waals surface area contributed by atoms with Crippen molar-refractivity contribution in [1.82, 2.24) is 15.1 Å². The Bertz CT molecular complexity index is 1180. The van der Waals surface area contributed by atoms with E-state index in [2.05, 4.69) is 72.5 Å². The van der Waals surface area contributed by atoms with E-state index in [-0.39, 0.29) is 18.6 Å². The molecule has 38 heavy (non-hydrogen) atoms. The number of nitrogens with zero attached hydrogens (tertiary/aromatic N) is 2. The number of aryl methyl sites for hydroxylation is 1. The minimum Gasteiger partial charge on any atom is -0.497 e. The highest BCUT2D eigenvalue weighted by Crippen LogP contribution is 2.29. The molecule has 0 unspecified atom stereocenters. The van der Waals surface area contributed by atoms with Crippen LogP contribution in [0.1, 0.15) is 42.5 Å². The van der Waals surface area contributed by atoms with E-state index in [0.717, 1.165) is 60.7 Å². The number of ether oxygens (including phenoxy) is 2. The Morgan fingerprint density at radius 1 is 1.00 bits per heavy atom. The van der Waals surface area contributed by atoms with Gasteiger partial charge in [0, 0.05) is 18.2 Å². The number of rotatable bonds is 10. The molecule has 0 bridgehead atoms. The van der Waals surface area contributed by atoms with Crippen molar-refractivity contribution in [2.24, 2.45) is 0 Å². The van der Waals surface area contributed by atoms with Crippen LogP contribution < -0.4 is 14.8 Å². The van der Waals surface area contributed by atoms with Crippen molar-refractivity contribution < 1.29 is 14.3 Å². The van der Waals surface area contributed by atoms with Gasteiger partial charge in [0.1, 0.15) is 11.5 Å². The van der Waals surface area contributed by atoms with Crippen LogP contribution in [-0.2, 0) is 11.3 Å². The van der Waals surface area contributed by atoms with Crippen molar-refractivity contribution in [3.8, 4) is 22.6 Å². The summed E-state index contributed by atoms with van der Waals surface area (Å²) >= 11 is 0. The van der Waals surface area contributed by atoms with E-state index < -0.39 is 0 Å². The molecule has 0 saturated carbocycles. The van der Waals surface area contributed by atoms with Crippen molar-refractivity contribution in [1.29, 1.82) is 0 Å². The van der Waals surface area contributed by atoms with Gasteiger partial charge >= 0.3 is 0 Å². The molecule has 3 aromatic rings. The molecular formula is C32H41N3O3. The van der Waals surface area contributed by atoms with Gasteiger partial charge in [0.2, 0.25) is 0 Å². The summed E-state index contributed by atoms with van der Waals surface area (Å²) in [5.41, 5.74) is 5.72. The van der Waals surface area contributed by atoms with Gasteiger partial charge in [-0.25, -0.2) is 0 Å². The number of hydrogen-bond donors (Lipinski definition) is 1. The summed E-state index contributed by atoms with van der Waals surface area (Å²) in [5, 5.41) is 3.04. The second-order valence-electron chi connectivity index (χ2n) is 10.5. The molecule has 4 rings (SSSR count). The number of likely N-dealkylation sites (tertiary alicyclic amines) is 1. The van der Waals surface area contributed by atoms with Crippen LogP contribution in [0.25, 0.3) is 11.1 Å². The van der Waals surface area contributed by atoms with Crippen molar-refractivity contribution >= 4 is 5.91 Å². The molecule has 6 nitrogen and oxygen atoms in total. The average Bonchev–Trinajstić information content (AvgIpc) is 2.93. The van der Waals surface area contributed by atoms with Gasteiger partial charge in [-0.2, -0.15) is 0 Å². The Balaban J connectivity index is 1.44. The topological polar surface area (TPSA) is 54.0 Å². The van der Waals surface area contributed by atoms with E-state index in [4.69, 9.17) is 9.47 Å². The highest BCUT2D eigenvalue weighted by Gasteiger charge is 2.22. The number of hydrogen-bond acceptors (Lipinski definition) is 5. The Labute approximate surface area is 227 Å². The van der Waals surface area contributed by atoms with E-state index in [1.165, 1.54) is 11.1 Å². The van der Waals surface area contributed by atoms with Crippen molar-refractivity contribution in [3.05, 3.63) is 83.4 Å². The number of amides is 1. The van der Waals surface area contributed by atoms with Crippen LogP contribution in [0.3, 0.4) is 0 Å². The average molecular weight is 516 g/mol. The highest BCUT2D eigenvalue weighted by molar-refractivity contribution is 5.78. The first kappa shape index (κ1) is 27.7. The second-order valence-corrected chi connectivity index (χ2v) is 10.5. The fourth-order valence-electron chi connectivity index (χ4n) is 5.01. The molecular weight excluding hydrogens is 474 g/mol. The third kappa shape index (κ3) is 7.36. The number of methoxy groups -OCH3 is 1. The monoisotopic (exact) mass is 515 g/mol. The lowest BCUT2D eigenvalue weighted by Crippen LogP contribution is -2.41. The Morgan fingerprint density at radius 2 is 1.66 bits per heavy atom. The zero-order valence-electron chi connectivity index (χ0n) is 23.4. The zero-order valence-corrected chi connectivity index (χ0v) is 23.4. The summed E-state index contributed by atoms with van der Waals surface area (Å²) in [6.45, 7) is 6.95. The molecule has 202 valence electrons. The number of benzene rings is 3. The first-order valence-electron chi connectivity index (χ1n) is 13.5.